The number of benzene rings is 2. The number of oxime groups is 1. The summed E-state index contributed by atoms with van der Waals surface area (Å²) < 4.78 is 0. The first-order valence-corrected chi connectivity index (χ1v) is 6.21. The molecule has 4 nitrogen and oxygen atoms in total. The average molecular weight is 290 g/mol. The molecule has 0 aliphatic rings. The van der Waals surface area contributed by atoms with Crippen LogP contribution in [0.5, 0.6) is 0 Å². The molecule has 1 N–H and O–H groups in total. The lowest BCUT2D eigenvalue weighted by atomic mass is 9.97. The molecule has 0 saturated carbocycles. The summed E-state index contributed by atoms with van der Waals surface area (Å²) in [5.41, 5.74) is 1.71. The number of carboxylic acids is 1. The summed E-state index contributed by atoms with van der Waals surface area (Å²) in [7, 11) is 1.41. The van der Waals surface area contributed by atoms with E-state index >= 15 is 0 Å². The van der Waals surface area contributed by atoms with Gasteiger partial charge in [-0.1, -0.05) is 47.1 Å². The van der Waals surface area contributed by atoms with Crippen molar-refractivity contribution in [3.8, 4) is 0 Å². The molecule has 0 spiro atoms. The molecule has 5 heteroatoms. The van der Waals surface area contributed by atoms with Crippen molar-refractivity contribution in [3.63, 3.8) is 0 Å². The standard InChI is InChI=1S/C15H12ClNO3/c1-20-17-14(10-5-3-2-4-6-10)13-9-11(16)7-8-12(13)15(18)19/h2-9H,1H3,(H,18,19)/b17-14+. The zero-order valence-electron chi connectivity index (χ0n) is 10.7. The molecule has 0 atom stereocenters. The van der Waals surface area contributed by atoms with Gasteiger partial charge in [0.05, 0.1) is 5.56 Å². The maximum Gasteiger partial charge on any atom is 0.336 e. The van der Waals surface area contributed by atoms with Crippen LogP contribution in [-0.4, -0.2) is 23.9 Å². The Labute approximate surface area is 121 Å². The van der Waals surface area contributed by atoms with Gasteiger partial charge in [-0.05, 0) is 18.2 Å². The molecule has 0 amide bonds. The lowest BCUT2D eigenvalue weighted by Gasteiger charge is -2.10. The summed E-state index contributed by atoms with van der Waals surface area (Å²) in [6, 6.07) is 13.7. The molecule has 0 aliphatic carbocycles. The van der Waals surface area contributed by atoms with Crippen LogP contribution in [0.25, 0.3) is 0 Å². The molecule has 0 aromatic heterocycles. The first kappa shape index (κ1) is 14.1. The molecule has 0 saturated heterocycles. The van der Waals surface area contributed by atoms with Crippen LogP contribution in [0.2, 0.25) is 5.02 Å². The molecule has 0 fully saturated rings. The van der Waals surface area contributed by atoms with Gasteiger partial charge in [0.1, 0.15) is 12.8 Å². The lowest BCUT2D eigenvalue weighted by molar-refractivity contribution is 0.0696. The molecule has 0 radical (unpaired) electrons. The highest BCUT2D eigenvalue weighted by Crippen LogP contribution is 2.20. The minimum atomic E-state index is -1.04. The van der Waals surface area contributed by atoms with E-state index in [2.05, 4.69) is 5.16 Å². The van der Waals surface area contributed by atoms with Crippen molar-refractivity contribution in [3.05, 3.63) is 70.2 Å². The largest absolute Gasteiger partial charge is 0.478 e. The number of carbonyl (C=O) groups is 1. The Bertz CT molecular complexity index is 653. The molecule has 0 unspecified atom stereocenters. The van der Waals surface area contributed by atoms with E-state index in [1.165, 1.54) is 19.2 Å². The topological polar surface area (TPSA) is 58.9 Å². The third-order valence-electron chi connectivity index (χ3n) is 2.70. The highest BCUT2D eigenvalue weighted by Gasteiger charge is 2.17. The average Bonchev–Trinajstić information content (AvgIpc) is 2.45. The number of nitrogens with zero attached hydrogens (tertiary/aromatic N) is 1. The number of hydrogen-bond acceptors (Lipinski definition) is 3. The quantitative estimate of drug-likeness (QED) is 0.693. The van der Waals surface area contributed by atoms with Gasteiger partial charge in [0.2, 0.25) is 0 Å². The van der Waals surface area contributed by atoms with Crippen LogP contribution in [0.4, 0.5) is 0 Å². The SMILES string of the molecule is CO/N=C(\c1ccccc1)c1cc(Cl)ccc1C(=O)O. The van der Waals surface area contributed by atoms with Crippen LogP contribution >= 0.6 is 11.6 Å². The van der Waals surface area contributed by atoms with Crippen molar-refractivity contribution in [2.24, 2.45) is 5.16 Å². The Hall–Kier alpha value is -2.33. The number of carboxylic acid groups (broad SMARTS) is 1. The normalized spacial score (nSPS) is 11.2. The maximum atomic E-state index is 11.3. The van der Waals surface area contributed by atoms with Gasteiger partial charge in [-0.25, -0.2) is 4.79 Å². The van der Waals surface area contributed by atoms with E-state index in [0.29, 0.717) is 16.3 Å². The van der Waals surface area contributed by atoms with E-state index in [1.807, 2.05) is 30.3 Å². The Balaban J connectivity index is 2.65. The van der Waals surface area contributed by atoms with Gasteiger partial charge >= 0.3 is 5.97 Å². The Morgan fingerprint density at radius 3 is 2.45 bits per heavy atom. The van der Waals surface area contributed by atoms with Gasteiger partial charge < -0.3 is 9.94 Å². The van der Waals surface area contributed by atoms with Crippen molar-refractivity contribution >= 4 is 23.3 Å². The summed E-state index contributed by atoms with van der Waals surface area (Å²) in [6.45, 7) is 0. The van der Waals surface area contributed by atoms with Gasteiger partial charge in [0.15, 0.2) is 0 Å². The fourth-order valence-corrected chi connectivity index (χ4v) is 2.02. The highest BCUT2D eigenvalue weighted by molar-refractivity contribution is 6.31. The number of halogens is 1. The lowest BCUT2D eigenvalue weighted by Crippen LogP contribution is -2.11. The Kier molecular flexibility index (Phi) is 4.38. The summed E-state index contributed by atoms with van der Waals surface area (Å²) >= 11 is 5.96. The van der Waals surface area contributed by atoms with E-state index in [4.69, 9.17) is 16.4 Å². The van der Waals surface area contributed by atoms with E-state index in [1.54, 1.807) is 6.07 Å². The molecule has 2 aromatic rings. The monoisotopic (exact) mass is 289 g/mol. The van der Waals surface area contributed by atoms with Crippen LogP contribution in [0, 0.1) is 0 Å². The van der Waals surface area contributed by atoms with E-state index in [0.717, 1.165) is 5.56 Å². The van der Waals surface area contributed by atoms with Gasteiger partial charge in [0.25, 0.3) is 0 Å². The highest BCUT2D eigenvalue weighted by atomic mass is 35.5. The number of rotatable bonds is 4. The van der Waals surface area contributed by atoms with Crippen molar-refractivity contribution in [1.29, 1.82) is 0 Å². The number of aromatic carboxylic acids is 1. The third kappa shape index (κ3) is 2.97. The summed E-state index contributed by atoms with van der Waals surface area (Å²) in [5, 5.41) is 13.7. The predicted molar refractivity (Wildman–Crippen MR) is 77.5 cm³/mol. The van der Waals surface area contributed by atoms with Crippen molar-refractivity contribution in [1.82, 2.24) is 0 Å². The molecular weight excluding hydrogens is 278 g/mol. The van der Waals surface area contributed by atoms with Gasteiger partial charge in [0, 0.05) is 16.1 Å². The first-order chi connectivity index (χ1) is 9.63. The van der Waals surface area contributed by atoms with E-state index < -0.39 is 5.97 Å². The second-order valence-corrected chi connectivity index (χ2v) is 4.42. The third-order valence-corrected chi connectivity index (χ3v) is 2.93. The van der Waals surface area contributed by atoms with E-state index in [9.17, 15) is 9.90 Å². The van der Waals surface area contributed by atoms with Crippen molar-refractivity contribution < 1.29 is 14.7 Å². The van der Waals surface area contributed by atoms with Gasteiger partial charge in [-0.2, -0.15) is 0 Å². The maximum absolute atomic E-state index is 11.3. The van der Waals surface area contributed by atoms with E-state index in [-0.39, 0.29) is 5.56 Å². The second-order valence-electron chi connectivity index (χ2n) is 3.98. The van der Waals surface area contributed by atoms with Crippen LogP contribution in [0.3, 0.4) is 0 Å². The summed E-state index contributed by atoms with van der Waals surface area (Å²) in [5.74, 6) is -1.04. The number of hydrogen-bond donors (Lipinski definition) is 1. The molecule has 20 heavy (non-hydrogen) atoms. The molecule has 102 valence electrons. The van der Waals surface area contributed by atoms with Crippen LogP contribution in [0.1, 0.15) is 21.5 Å². The molecule has 0 aliphatic heterocycles. The van der Waals surface area contributed by atoms with Crippen LogP contribution in [-0.2, 0) is 4.84 Å². The minimum Gasteiger partial charge on any atom is -0.478 e. The second kappa shape index (κ2) is 6.21. The van der Waals surface area contributed by atoms with Crippen LogP contribution in [0.15, 0.2) is 53.7 Å². The predicted octanol–water partition coefficient (Wildman–Crippen LogP) is 3.44. The van der Waals surface area contributed by atoms with Gasteiger partial charge in [-0.3, -0.25) is 0 Å². The molecule has 0 heterocycles. The fourth-order valence-electron chi connectivity index (χ4n) is 1.84. The Morgan fingerprint density at radius 1 is 1.15 bits per heavy atom. The van der Waals surface area contributed by atoms with Gasteiger partial charge in [-0.15, -0.1) is 0 Å². The fraction of sp³-hybridized carbons (Fsp3) is 0.0667. The van der Waals surface area contributed by atoms with Crippen molar-refractivity contribution in [2.45, 2.75) is 0 Å². The molecule has 2 aromatic carbocycles. The summed E-state index contributed by atoms with van der Waals surface area (Å²) in [6.07, 6.45) is 0. The molecular formula is C15H12ClNO3. The van der Waals surface area contributed by atoms with Crippen molar-refractivity contribution in [2.75, 3.05) is 7.11 Å². The Morgan fingerprint density at radius 2 is 1.85 bits per heavy atom. The zero-order valence-corrected chi connectivity index (χ0v) is 11.5. The summed E-state index contributed by atoms with van der Waals surface area (Å²) in [4.78, 5) is 16.2. The first-order valence-electron chi connectivity index (χ1n) is 5.83. The molecule has 0 bridgehead atoms. The minimum absolute atomic E-state index is 0.119. The van der Waals surface area contributed by atoms with Crippen LogP contribution < -0.4 is 0 Å². The zero-order chi connectivity index (χ0) is 14.5. The smallest absolute Gasteiger partial charge is 0.336 e. The molecule has 2 rings (SSSR count).